The Morgan fingerprint density at radius 3 is 2.62 bits per heavy atom. The first-order chi connectivity index (χ1) is 6.25. The summed E-state index contributed by atoms with van der Waals surface area (Å²) in [5.74, 6) is 0.880. The summed E-state index contributed by atoms with van der Waals surface area (Å²) in [6.45, 7) is 5.72. The van der Waals surface area contributed by atoms with Gasteiger partial charge in [-0.1, -0.05) is 6.92 Å². The molecule has 0 aliphatic carbocycles. The molecule has 13 heavy (non-hydrogen) atoms. The summed E-state index contributed by atoms with van der Waals surface area (Å²) in [7, 11) is 0. The quantitative estimate of drug-likeness (QED) is 0.671. The third-order valence-electron chi connectivity index (χ3n) is 3.41. The van der Waals surface area contributed by atoms with Crippen molar-refractivity contribution in [1.29, 1.82) is 0 Å². The maximum absolute atomic E-state index is 5.89. The van der Waals surface area contributed by atoms with E-state index in [-0.39, 0.29) is 0 Å². The lowest BCUT2D eigenvalue weighted by atomic mass is 9.90. The Hall–Kier alpha value is -0.0800. The minimum absolute atomic E-state index is 0.490. The van der Waals surface area contributed by atoms with Crippen molar-refractivity contribution in [3.8, 4) is 0 Å². The second-order valence-electron chi connectivity index (χ2n) is 4.75. The molecule has 2 fully saturated rings. The molecule has 0 amide bonds. The van der Waals surface area contributed by atoms with Crippen LogP contribution in [0.15, 0.2) is 0 Å². The van der Waals surface area contributed by atoms with Gasteiger partial charge in [0.2, 0.25) is 0 Å². The van der Waals surface area contributed by atoms with Crippen LogP contribution in [0.2, 0.25) is 0 Å². The van der Waals surface area contributed by atoms with Gasteiger partial charge in [0.05, 0.1) is 12.2 Å². The number of hydrogen-bond acceptors (Lipinski definition) is 2. The minimum Gasteiger partial charge on any atom is -0.374 e. The van der Waals surface area contributed by atoms with Gasteiger partial charge >= 0.3 is 0 Å². The van der Waals surface area contributed by atoms with Gasteiger partial charge in [0.1, 0.15) is 0 Å². The Labute approximate surface area is 81.0 Å². The fourth-order valence-corrected chi connectivity index (χ4v) is 2.56. The first kappa shape index (κ1) is 9.47. The Balaban J connectivity index is 1.85. The molecule has 0 radical (unpaired) electrons. The summed E-state index contributed by atoms with van der Waals surface area (Å²) in [4.78, 5) is 0. The highest BCUT2D eigenvalue weighted by Crippen LogP contribution is 2.27. The molecule has 2 heterocycles. The molecule has 0 aromatic heterocycles. The van der Waals surface area contributed by atoms with Crippen LogP contribution in [-0.2, 0) is 4.74 Å². The lowest BCUT2D eigenvalue weighted by Crippen LogP contribution is -2.45. The van der Waals surface area contributed by atoms with Crippen molar-refractivity contribution in [1.82, 2.24) is 5.32 Å². The van der Waals surface area contributed by atoms with Crippen molar-refractivity contribution in [2.75, 3.05) is 6.54 Å². The van der Waals surface area contributed by atoms with E-state index < -0.39 is 0 Å². The van der Waals surface area contributed by atoms with E-state index in [4.69, 9.17) is 4.74 Å². The molecule has 2 rings (SSSR count). The first-order valence-corrected chi connectivity index (χ1v) is 5.64. The van der Waals surface area contributed by atoms with Gasteiger partial charge in [0.15, 0.2) is 0 Å². The fourth-order valence-electron chi connectivity index (χ4n) is 2.56. The van der Waals surface area contributed by atoms with Crippen LogP contribution in [0.3, 0.4) is 0 Å². The van der Waals surface area contributed by atoms with Crippen LogP contribution in [0, 0.1) is 5.92 Å². The van der Waals surface area contributed by atoms with E-state index in [9.17, 15) is 0 Å². The molecular formula is C11H21NO. The number of rotatable bonds is 1. The first-order valence-electron chi connectivity index (χ1n) is 5.64. The molecule has 0 aromatic rings. The minimum atomic E-state index is 0.490. The van der Waals surface area contributed by atoms with Crippen molar-refractivity contribution in [2.24, 2.45) is 5.92 Å². The molecule has 0 aromatic carbocycles. The molecule has 2 aliphatic heterocycles. The predicted molar refractivity (Wildman–Crippen MR) is 53.8 cm³/mol. The van der Waals surface area contributed by atoms with Crippen molar-refractivity contribution in [3.05, 3.63) is 0 Å². The second-order valence-corrected chi connectivity index (χ2v) is 4.75. The standard InChI is InChI=1S/C11H21NO/c1-8-5-6-12-10(7-8)11-4-3-9(2)13-11/h8-12H,3-7H2,1-2H3/t8-,9+,10-,11+/m1/s1. The van der Waals surface area contributed by atoms with Crippen LogP contribution < -0.4 is 5.32 Å². The number of hydrogen-bond donors (Lipinski definition) is 1. The van der Waals surface area contributed by atoms with Gasteiger partial charge in [-0.25, -0.2) is 0 Å². The molecule has 0 spiro atoms. The Morgan fingerprint density at radius 2 is 2.00 bits per heavy atom. The van der Waals surface area contributed by atoms with Gasteiger partial charge in [-0.2, -0.15) is 0 Å². The molecule has 4 atom stereocenters. The lowest BCUT2D eigenvalue weighted by molar-refractivity contribution is 0.0210. The zero-order chi connectivity index (χ0) is 9.26. The molecule has 0 bridgehead atoms. The molecule has 2 saturated heterocycles. The van der Waals surface area contributed by atoms with Crippen LogP contribution in [-0.4, -0.2) is 24.8 Å². The summed E-state index contributed by atoms with van der Waals surface area (Å²) in [6.07, 6.45) is 6.13. The normalized spacial score (nSPS) is 46.6. The lowest BCUT2D eigenvalue weighted by Gasteiger charge is -2.32. The van der Waals surface area contributed by atoms with Gasteiger partial charge in [-0.05, 0) is 45.1 Å². The van der Waals surface area contributed by atoms with Crippen molar-refractivity contribution in [2.45, 2.75) is 57.8 Å². The maximum Gasteiger partial charge on any atom is 0.0732 e. The molecule has 0 unspecified atom stereocenters. The second kappa shape index (κ2) is 3.97. The molecule has 2 nitrogen and oxygen atoms in total. The van der Waals surface area contributed by atoms with Gasteiger partial charge < -0.3 is 10.1 Å². The molecule has 0 saturated carbocycles. The highest BCUT2D eigenvalue weighted by atomic mass is 16.5. The van der Waals surface area contributed by atoms with Crippen molar-refractivity contribution in [3.63, 3.8) is 0 Å². The summed E-state index contributed by atoms with van der Waals surface area (Å²) in [6, 6.07) is 0.633. The van der Waals surface area contributed by atoms with Crippen LogP contribution in [0.25, 0.3) is 0 Å². The van der Waals surface area contributed by atoms with E-state index in [0.717, 1.165) is 5.92 Å². The topological polar surface area (TPSA) is 21.3 Å². The SMILES string of the molecule is C[C@@H]1CCN[C@@H]([C@@H]2CC[C@H](C)O2)C1. The van der Waals surface area contributed by atoms with Gasteiger partial charge in [0.25, 0.3) is 0 Å². The zero-order valence-electron chi connectivity index (χ0n) is 8.75. The van der Waals surface area contributed by atoms with Crippen LogP contribution in [0.4, 0.5) is 0 Å². The van der Waals surface area contributed by atoms with Crippen LogP contribution in [0.1, 0.15) is 39.5 Å². The third kappa shape index (κ3) is 2.23. The van der Waals surface area contributed by atoms with E-state index in [1.165, 1.54) is 32.2 Å². The predicted octanol–water partition coefficient (Wildman–Crippen LogP) is 1.94. The molecule has 76 valence electrons. The van der Waals surface area contributed by atoms with Gasteiger partial charge in [0, 0.05) is 6.04 Å². The largest absolute Gasteiger partial charge is 0.374 e. The number of ether oxygens (including phenoxy) is 1. The smallest absolute Gasteiger partial charge is 0.0732 e. The Bertz CT molecular complexity index is 171. The average molecular weight is 183 g/mol. The fraction of sp³-hybridized carbons (Fsp3) is 1.00. The van der Waals surface area contributed by atoms with E-state index in [2.05, 4.69) is 19.2 Å². The van der Waals surface area contributed by atoms with Crippen molar-refractivity contribution < 1.29 is 4.74 Å². The summed E-state index contributed by atoms with van der Waals surface area (Å²) in [5.41, 5.74) is 0. The van der Waals surface area contributed by atoms with Gasteiger partial charge in [-0.15, -0.1) is 0 Å². The maximum atomic E-state index is 5.89. The highest BCUT2D eigenvalue weighted by molar-refractivity contribution is 4.86. The van der Waals surface area contributed by atoms with E-state index in [1.54, 1.807) is 0 Å². The molecule has 2 aliphatic rings. The van der Waals surface area contributed by atoms with E-state index in [1.807, 2.05) is 0 Å². The van der Waals surface area contributed by atoms with Crippen LogP contribution in [0.5, 0.6) is 0 Å². The average Bonchev–Trinajstić information content (AvgIpc) is 2.52. The molecular weight excluding hydrogens is 162 g/mol. The summed E-state index contributed by atoms with van der Waals surface area (Å²) < 4.78 is 5.89. The van der Waals surface area contributed by atoms with Gasteiger partial charge in [-0.3, -0.25) is 0 Å². The summed E-state index contributed by atoms with van der Waals surface area (Å²) >= 11 is 0. The zero-order valence-corrected chi connectivity index (χ0v) is 8.75. The Morgan fingerprint density at radius 1 is 1.15 bits per heavy atom. The number of piperidine rings is 1. The summed E-state index contributed by atoms with van der Waals surface area (Å²) in [5, 5.41) is 3.59. The van der Waals surface area contributed by atoms with E-state index >= 15 is 0 Å². The third-order valence-corrected chi connectivity index (χ3v) is 3.41. The Kier molecular flexibility index (Phi) is 2.89. The van der Waals surface area contributed by atoms with Crippen molar-refractivity contribution >= 4 is 0 Å². The highest BCUT2D eigenvalue weighted by Gasteiger charge is 2.31. The van der Waals surface area contributed by atoms with Crippen LogP contribution >= 0.6 is 0 Å². The molecule has 1 N–H and O–H groups in total. The van der Waals surface area contributed by atoms with E-state index in [0.29, 0.717) is 18.2 Å². The monoisotopic (exact) mass is 183 g/mol. The number of nitrogens with one attached hydrogen (secondary N) is 1. The molecule has 2 heteroatoms.